The van der Waals surface area contributed by atoms with Gasteiger partial charge in [-0.05, 0) is 49.4 Å². The van der Waals surface area contributed by atoms with Crippen molar-refractivity contribution in [2.45, 2.75) is 32.1 Å². The average Bonchev–Trinajstić information content (AvgIpc) is 3.05. The molecule has 4 unspecified atom stereocenters. The van der Waals surface area contributed by atoms with E-state index in [0.29, 0.717) is 18.5 Å². The van der Waals surface area contributed by atoms with Crippen LogP contribution in [0.2, 0.25) is 0 Å². The van der Waals surface area contributed by atoms with Gasteiger partial charge in [-0.15, -0.1) is 0 Å². The summed E-state index contributed by atoms with van der Waals surface area (Å²) in [6.45, 7) is 2.87. The number of rotatable bonds is 9. The highest BCUT2D eigenvalue weighted by atomic mass is 16.5. The fourth-order valence-corrected chi connectivity index (χ4v) is 5.13. The summed E-state index contributed by atoms with van der Waals surface area (Å²) in [5.74, 6) is 1.25. The van der Waals surface area contributed by atoms with Crippen molar-refractivity contribution in [3.8, 4) is 0 Å². The predicted molar refractivity (Wildman–Crippen MR) is 107 cm³/mol. The topological polar surface area (TPSA) is 83.0 Å². The van der Waals surface area contributed by atoms with Crippen LogP contribution in [0.4, 0.5) is 0 Å². The first-order valence-corrected chi connectivity index (χ1v) is 10.6. The molecule has 4 aliphatic rings. The molecule has 0 aromatic carbocycles. The van der Waals surface area contributed by atoms with Crippen LogP contribution >= 0.6 is 0 Å². The fraction of sp³-hybridized carbons (Fsp3) is 0.762. The summed E-state index contributed by atoms with van der Waals surface area (Å²) >= 11 is 0. The van der Waals surface area contributed by atoms with Crippen molar-refractivity contribution in [3.63, 3.8) is 0 Å². The van der Waals surface area contributed by atoms with E-state index in [1.807, 2.05) is 0 Å². The van der Waals surface area contributed by atoms with Gasteiger partial charge in [-0.1, -0.05) is 12.2 Å². The molecule has 0 aromatic rings. The van der Waals surface area contributed by atoms with E-state index in [1.165, 1.54) is 17.7 Å². The van der Waals surface area contributed by atoms with Crippen LogP contribution in [0.25, 0.3) is 0 Å². The molecule has 0 spiro atoms. The van der Waals surface area contributed by atoms with Gasteiger partial charge in [-0.2, -0.15) is 0 Å². The smallest absolute Gasteiger partial charge is 0.233 e. The minimum absolute atomic E-state index is 0.0446. The van der Waals surface area contributed by atoms with Gasteiger partial charge in [-0.25, -0.2) is 0 Å². The number of carbonyl (C=O) groups excluding carboxylic acids is 2. The molecular formula is C21H32N4O3. The Morgan fingerprint density at radius 3 is 2.46 bits per heavy atom. The van der Waals surface area contributed by atoms with Gasteiger partial charge in [-0.3, -0.25) is 19.5 Å². The molecule has 154 valence electrons. The van der Waals surface area contributed by atoms with Gasteiger partial charge >= 0.3 is 0 Å². The van der Waals surface area contributed by atoms with E-state index in [9.17, 15) is 9.59 Å². The van der Waals surface area contributed by atoms with Crippen LogP contribution in [0.15, 0.2) is 17.1 Å². The molecule has 4 atom stereocenters. The van der Waals surface area contributed by atoms with Crippen molar-refractivity contribution in [3.05, 3.63) is 12.2 Å². The standard InChI is InChI=1S/C21H32N4O3/c1-22-20(24-13-21(6-7-21)8-11-28-2)23-9-3-10-25-18(26)16-14-4-5-15(12-14)17(16)19(25)27/h4-5,14-17H,3,6-13H2,1-2H3,(H2,22,23,24). The van der Waals surface area contributed by atoms with Crippen molar-refractivity contribution in [2.24, 2.45) is 34.1 Å². The second kappa shape index (κ2) is 7.85. The molecule has 4 rings (SSSR count). The van der Waals surface area contributed by atoms with Gasteiger partial charge in [0.25, 0.3) is 0 Å². The first kappa shape index (κ1) is 19.4. The minimum atomic E-state index is -0.0910. The molecule has 1 heterocycles. The van der Waals surface area contributed by atoms with E-state index in [-0.39, 0.29) is 35.5 Å². The van der Waals surface area contributed by atoms with Gasteiger partial charge in [0.2, 0.25) is 11.8 Å². The highest BCUT2D eigenvalue weighted by molar-refractivity contribution is 6.06. The van der Waals surface area contributed by atoms with Crippen LogP contribution in [0.1, 0.15) is 32.1 Å². The normalized spacial score (nSPS) is 32.2. The van der Waals surface area contributed by atoms with Crippen LogP contribution in [-0.2, 0) is 14.3 Å². The average molecular weight is 389 g/mol. The highest BCUT2D eigenvalue weighted by Gasteiger charge is 2.58. The minimum Gasteiger partial charge on any atom is -0.385 e. The molecule has 2 saturated carbocycles. The van der Waals surface area contributed by atoms with E-state index in [4.69, 9.17) is 4.74 Å². The van der Waals surface area contributed by atoms with E-state index < -0.39 is 0 Å². The number of amides is 2. The number of allylic oxidation sites excluding steroid dienone is 2. The Bertz CT molecular complexity index is 655. The lowest BCUT2D eigenvalue weighted by Gasteiger charge is -2.19. The summed E-state index contributed by atoms with van der Waals surface area (Å²) in [7, 11) is 3.51. The molecule has 1 saturated heterocycles. The quantitative estimate of drug-likeness (QED) is 0.204. The second-order valence-electron chi connectivity index (χ2n) is 8.78. The maximum absolute atomic E-state index is 12.7. The molecule has 0 aromatic heterocycles. The Hall–Kier alpha value is -1.89. The number of nitrogens with one attached hydrogen (secondary N) is 2. The zero-order valence-corrected chi connectivity index (χ0v) is 16.9. The van der Waals surface area contributed by atoms with Gasteiger partial charge in [0.15, 0.2) is 5.96 Å². The van der Waals surface area contributed by atoms with Crippen LogP contribution in [0, 0.1) is 29.1 Å². The number of imide groups is 1. The third kappa shape index (κ3) is 3.56. The lowest BCUT2D eigenvalue weighted by molar-refractivity contribution is -0.140. The van der Waals surface area contributed by atoms with Crippen molar-refractivity contribution in [1.29, 1.82) is 0 Å². The van der Waals surface area contributed by atoms with Crippen LogP contribution in [0.3, 0.4) is 0 Å². The maximum atomic E-state index is 12.7. The Morgan fingerprint density at radius 2 is 1.89 bits per heavy atom. The zero-order chi connectivity index (χ0) is 19.7. The Kier molecular flexibility index (Phi) is 5.45. The van der Waals surface area contributed by atoms with E-state index in [1.54, 1.807) is 14.2 Å². The van der Waals surface area contributed by atoms with Gasteiger partial charge in [0.05, 0.1) is 11.8 Å². The third-order valence-electron chi connectivity index (χ3n) is 7.06. The molecule has 0 radical (unpaired) electrons. The molecule has 3 fully saturated rings. The number of hydrogen-bond donors (Lipinski definition) is 2. The molecule has 7 nitrogen and oxygen atoms in total. The Balaban J connectivity index is 1.18. The van der Waals surface area contributed by atoms with E-state index >= 15 is 0 Å². The fourth-order valence-electron chi connectivity index (χ4n) is 5.13. The van der Waals surface area contributed by atoms with E-state index in [0.717, 1.165) is 38.4 Å². The molecule has 3 aliphatic carbocycles. The number of fused-ring (bicyclic) bond motifs is 5. The maximum Gasteiger partial charge on any atom is 0.233 e. The summed E-state index contributed by atoms with van der Waals surface area (Å²) in [4.78, 5) is 31.1. The second-order valence-corrected chi connectivity index (χ2v) is 8.78. The highest BCUT2D eigenvalue weighted by Crippen LogP contribution is 2.52. The lowest BCUT2D eigenvalue weighted by Crippen LogP contribution is -2.42. The number of guanidine groups is 1. The number of hydrogen-bond acceptors (Lipinski definition) is 4. The summed E-state index contributed by atoms with van der Waals surface area (Å²) in [6.07, 6.45) is 9.53. The van der Waals surface area contributed by atoms with Crippen molar-refractivity contribution in [1.82, 2.24) is 15.5 Å². The first-order valence-electron chi connectivity index (χ1n) is 10.6. The number of nitrogens with zero attached hydrogens (tertiary/aromatic N) is 2. The SMILES string of the molecule is CN=C(NCCCN1C(=O)C2C3C=CC(C3)C2C1=O)NCC1(CCOC)CC1. The van der Waals surface area contributed by atoms with Gasteiger partial charge in [0, 0.05) is 40.4 Å². The largest absolute Gasteiger partial charge is 0.385 e. The Morgan fingerprint density at radius 1 is 1.21 bits per heavy atom. The molecule has 2 amide bonds. The summed E-state index contributed by atoms with van der Waals surface area (Å²) in [5, 5.41) is 6.71. The zero-order valence-electron chi connectivity index (χ0n) is 16.9. The molecule has 2 N–H and O–H groups in total. The number of ether oxygens (including phenoxy) is 1. The lowest BCUT2D eigenvalue weighted by atomic mass is 9.85. The molecule has 1 aliphatic heterocycles. The Labute approximate surface area is 167 Å². The third-order valence-corrected chi connectivity index (χ3v) is 7.06. The summed E-state index contributed by atoms with van der Waals surface area (Å²) in [6, 6.07) is 0. The van der Waals surface area contributed by atoms with Gasteiger partial charge < -0.3 is 15.4 Å². The van der Waals surface area contributed by atoms with Crippen molar-refractivity contribution in [2.75, 3.05) is 40.4 Å². The summed E-state index contributed by atoms with van der Waals surface area (Å²) < 4.78 is 5.20. The number of likely N-dealkylation sites (tertiary alicyclic amines) is 1. The van der Waals surface area contributed by atoms with Crippen molar-refractivity contribution >= 4 is 17.8 Å². The van der Waals surface area contributed by atoms with Crippen LogP contribution in [-0.4, -0.2) is 63.1 Å². The molecular weight excluding hydrogens is 356 g/mol. The number of methoxy groups -OCH3 is 1. The van der Waals surface area contributed by atoms with Gasteiger partial charge in [0.1, 0.15) is 0 Å². The number of carbonyl (C=O) groups is 2. The van der Waals surface area contributed by atoms with E-state index in [2.05, 4.69) is 27.8 Å². The predicted octanol–water partition coefficient (Wildman–Crippen LogP) is 1.17. The number of aliphatic imine (C=N–C) groups is 1. The van der Waals surface area contributed by atoms with Crippen LogP contribution < -0.4 is 10.6 Å². The van der Waals surface area contributed by atoms with Crippen LogP contribution in [0.5, 0.6) is 0 Å². The molecule has 2 bridgehead atoms. The first-order chi connectivity index (χ1) is 13.6. The monoisotopic (exact) mass is 388 g/mol. The molecule has 7 heteroatoms. The van der Waals surface area contributed by atoms with Crippen molar-refractivity contribution < 1.29 is 14.3 Å². The summed E-state index contributed by atoms with van der Waals surface area (Å²) in [5.41, 5.74) is 0.354. The molecule has 28 heavy (non-hydrogen) atoms.